The lowest BCUT2D eigenvalue weighted by Gasteiger charge is -2.71. The van der Waals surface area contributed by atoms with Gasteiger partial charge in [-0.2, -0.15) is 27.6 Å². The Morgan fingerprint density at radius 1 is 0.750 bits per heavy atom. The van der Waals surface area contributed by atoms with Crippen LogP contribution in [0.2, 0.25) is 0 Å². The molecule has 0 spiro atoms. The van der Waals surface area contributed by atoms with Gasteiger partial charge in [0.05, 0.1) is 71.3 Å². The standard InChI is InChI=1S/C18H18N6O2S.C13H13N5.C4H5ClN2O2S.CH4/c19-3-12-5-23(6-12)27(25,26)10-17-7-18(8-17,9-17)24-11-22-14-4-21-16-13(15(14)24)1-2-20-16;14-12-4-13(5-12,6-12)18-7-17-9-3-16-11-8(10(9)18)1-2-15-11;5-10(8,9)7-2-4(1-6)3-7;/h1-2,4,11-12H,5-10H2,(H,20,21);1-3,7H,4-6,14H2,(H,15,16);4H,2-3H2;1H4. The molecule has 6 aliphatic carbocycles. The van der Waals surface area contributed by atoms with Gasteiger partial charge in [-0.15, -0.1) is 0 Å². The number of H-pyrrole nitrogens is 2. The quantitative estimate of drug-likeness (QED) is 0.205. The van der Waals surface area contributed by atoms with E-state index in [-0.39, 0.29) is 60.1 Å². The summed E-state index contributed by atoms with van der Waals surface area (Å²) in [6.07, 6.45) is 17.1. The Kier molecular flexibility index (Phi) is 8.05. The number of imidazole rings is 2. The second-order valence-corrected chi connectivity index (χ2v) is 21.0. The molecule has 4 bridgehead atoms. The van der Waals surface area contributed by atoms with Crippen LogP contribution in [0.5, 0.6) is 0 Å². The van der Waals surface area contributed by atoms with E-state index >= 15 is 0 Å². The Balaban J connectivity index is 0.000000122. The summed E-state index contributed by atoms with van der Waals surface area (Å²) in [4.78, 5) is 24.1. The zero-order valence-corrected chi connectivity index (χ0v) is 31.8. The van der Waals surface area contributed by atoms with Crippen molar-refractivity contribution < 1.29 is 16.8 Å². The fourth-order valence-corrected chi connectivity index (χ4v) is 13.2. The third-order valence-corrected chi connectivity index (χ3v) is 16.2. The maximum atomic E-state index is 12.6. The van der Waals surface area contributed by atoms with Gasteiger partial charge in [0.25, 0.3) is 9.24 Å². The van der Waals surface area contributed by atoms with E-state index in [1.54, 1.807) is 6.20 Å². The number of hydrogen-bond acceptors (Lipinski definition) is 11. The van der Waals surface area contributed by atoms with Gasteiger partial charge in [-0.05, 0) is 56.1 Å². The number of rotatable bonds is 6. The van der Waals surface area contributed by atoms with E-state index in [9.17, 15) is 16.8 Å². The number of nitriles is 2. The van der Waals surface area contributed by atoms with Crippen molar-refractivity contribution in [2.45, 2.75) is 62.6 Å². The fraction of sp³-hybridized carbons (Fsp3) is 0.500. The molecule has 8 aliphatic rings. The highest BCUT2D eigenvalue weighted by Crippen LogP contribution is 2.72. The largest absolute Gasteiger partial charge is 0.346 e. The van der Waals surface area contributed by atoms with Crippen molar-refractivity contribution in [1.82, 2.24) is 47.6 Å². The number of nitrogens with one attached hydrogen (secondary N) is 2. The number of nitrogens with two attached hydrogens (primary N) is 1. The van der Waals surface area contributed by atoms with E-state index in [4.69, 9.17) is 26.9 Å². The minimum absolute atomic E-state index is 0. The lowest BCUT2D eigenvalue weighted by molar-refractivity contribution is -0.169. The zero-order valence-electron chi connectivity index (χ0n) is 29.4. The van der Waals surface area contributed by atoms with Crippen molar-refractivity contribution in [3.05, 3.63) is 49.6 Å². The molecule has 8 fully saturated rings. The fourth-order valence-electron chi connectivity index (χ4n) is 10.1. The van der Waals surface area contributed by atoms with Crippen LogP contribution in [-0.4, -0.2) is 102 Å². The Hall–Kier alpha value is -4.63. The maximum absolute atomic E-state index is 12.6. The van der Waals surface area contributed by atoms with Gasteiger partial charge in [0, 0.05) is 71.1 Å². The molecule has 292 valence electrons. The topological polar surface area (TPSA) is 241 Å². The first kappa shape index (κ1) is 37.0. The summed E-state index contributed by atoms with van der Waals surface area (Å²) in [7, 11) is -1.88. The molecule has 14 rings (SSSR count). The summed E-state index contributed by atoms with van der Waals surface area (Å²) in [6.45, 7) is 1.18. The third kappa shape index (κ3) is 5.47. The van der Waals surface area contributed by atoms with Crippen LogP contribution in [0, 0.1) is 39.9 Å². The first-order valence-corrected chi connectivity index (χ1v) is 21.9. The Morgan fingerprint density at radius 3 is 1.62 bits per heavy atom. The van der Waals surface area contributed by atoms with Crippen LogP contribution in [0.25, 0.3) is 44.1 Å². The van der Waals surface area contributed by atoms with Crippen LogP contribution >= 0.6 is 10.7 Å². The first-order chi connectivity index (χ1) is 26.2. The van der Waals surface area contributed by atoms with Gasteiger partial charge in [-0.3, -0.25) is 0 Å². The summed E-state index contributed by atoms with van der Waals surface area (Å²) < 4.78 is 53.3. The van der Waals surface area contributed by atoms with Crippen LogP contribution in [0.1, 0.15) is 46.0 Å². The van der Waals surface area contributed by atoms with Gasteiger partial charge in [-0.25, -0.2) is 28.4 Å². The molecule has 2 aliphatic heterocycles. The second kappa shape index (κ2) is 12.2. The SMILES string of the molecule is C.N#CC1CN(S(=O)(=O)CC23CC(n4cnc5cnc6[nH]ccc6c54)(C2)C3)C1.N#CC1CN(S(=O)(=O)Cl)C1.NC12CC(n3cnc4cnc5[nH]ccc5c43)(C1)C2. The monoisotopic (exact) mass is 817 g/mol. The molecule has 4 N–H and O–H groups in total. The molecular weight excluding hydrogens is 778 g/mol. The van der Waals surface area contributed by atoms with Crippen LogP contribution in [0.4, 0.5) is 0 Å². The normalized spacial score (nSPS) is 29.4. The van der Waals surface area contributed by atoms with Gasteiger partial charge < -0.3 is 24.8 Å². The highest BCUT2D eigenvalue weighted by molar-refractivity contribution is 8.11. The maximum Gasteiger partial charge on any atom is 0.299 e. The Bertz CT molecular complexity index is 2830. The molecule has 20 heteroatoms. The number of pyridine rings is 2. The van der Waals surface area contributed by atoms with E-state index in [2.05, 4.69) is 51.2 Å². The van der Waals surface area contributed by atoms with Crippen molar-refractivity contribution in [2.75, 3.05) is 31.9 Å². The third-order valence-electron chi connectivity index (χ3n) is 12.6. The van der Waals surface area contributed by atoms with Crippen LogP contribution < -0.4 is 5.73 Å². The highest BCUT2D eigenvalue weighted by Gasteiger charge is 2.70. The first-order valence-electron chi connectivity index (χ1n) is 18.0. The van der Waals surface area contributed by atoms with Gasteiger partial charge in [-0.1, -0.05) is 7.43 Å². The van der Waals surface area contributed by atoms with Gasteiger partial charge in [0.1, 0.15) is 22.3 Å². The van der Waals surface area contributed by atoms with E-state index < -0.39 is 19.3 Å². The predicted octanol–water partition coefficient (Wildman–Crippen LogP) is 3.64. The molecule has 0 unspecified atom stereocenters. The molecule has 8 heterocycles. The number of fused-ring (bicyclic) bond motifs is 6. The van der Waals surface area contributed by atoms with Crippen molar-refractivity contribution in [1.29, 1.82) is 10.5 Å². The van der Waals surface area contributed by atoms with Crippen molar-refractivity contribution in [3.63, 3.8) is 0 Å². The van der Waals surface area contributed by atoms with E-state index in [1.807, 2.05) is 43.4 Å². The molecule has 6 saturated carbocycles. The molecule has 56 heavy (non-hydrogen) atoms. The molecule has 2 saturated heterocycles. The lowest BCUT2D eigenvalue weighted by atomic mass is 9.40. The molecule has 6 aromatic rings. The molecule has 0 radical (unpaired) electrons. The molecule has 0 atom stereocenters. The zero-order chi connectivity index (χ0) is 38.2. The highest BCUT2D eigenvalue weighted by atomic mass is 35.7. The van der Waals surface area contributed by atoms with E-state index in [0.29, 0.717) is 13.1 Å². The summed E-state index contributed by atoms with van der Waals surface area (Å²) in [6, 6.07) is 8.17. The Morgan fingerprint density at radius 2 is 1.20 bits per heavy atom. The van der Waals surface area contributed by atoms with Crippen molar-refractivity contribution in [2.24, 2.45) is 23.0 Å². The summed E-state index contributed by atoms with van der Waals surface area (Å²) in [5.41, 5.74) is 12.3. The molecule has 0 amide bonds. The molecular formula is C36H40ClN13O4S2. The minimum Gasteiger partial charge on any atom is -0.346 e. The smallest absolute Gasteiger partial charge is 0.299 e. The lowest BCUT2D eigenvalue weighted by Crippen LogP contribution is -2.76. The van der Waals surface area contributed by atoms with Crippen LogP contribution in [0.15, 0.2) is 49.6 Å². The average molecular weight is 818 g/mol. The van der Waals surface area contributed by atoms with Gasteiger partial charge in [0.15, 0.2) is 0 Å². The van der Waals surface area contributed by atoms with E-state index in [0.717, 1.165) is 81.4 Å². The van der Waals surface area contributed by atoms with Crippen LogP contribution in [-0.2, 0) is 30.3 Å². The molecule has 6 aromatic heterocycles. The van der Waals surface area contributed by atoms with Crippen molar-refractivity contribution >= 4 is 74.1 Å². The summed E-state index contributed by atoms with van der Waals surface area (Å²) >= 11 is 0. The summed E-state index contributed by atoms with van der Waals surface area (Å²) in [5, 5.41) is 19.3. The van der Waals surface area contributed by atoms with Gasteiger partial charge >= 0.3 is 0 Å². The molecule has 17 nitrogen and oxygen atoms in total. The predicted molar refractivity (Wildman–Crippen MR) is 208 cm³/mol. The number of aromatic amines is 2. The van der Waals surface area contributed by atoms with Crippen LogP contribution in [0.3, 0.4) is 0 Å². The number of hydrogen-bond donors (Lipinski definition) is 3. The number of nitrogens with zero attached hydrogens (tertiary/aromatic N) is 10. The molecule has 0 aromatic carbocycles. The van der Waals surface area contributed by atoms with E-state index in [1.165, 1.54) is 9.82 Å². The second-order valence-electron chi connectivity index (χ2n) is 16.5. The minimum atomic E-state index is -3.55. The van der Waals surface area contributed by atoms with Gasteiger partial charge in [0.2, 0.25) is 10.0 Å². The summed E-state index contributed by atoms with van der Waals surface area (Å²) in [5.74, 6) is -0.115. The Labute approximate surface area is 327 Å². The number of aromatic nitrogens is 8. The van der Waals surface area contributed by atoms with Crippen molar-refractivity contribution in [3.8, 4) is 12.1 Å². The average Bonchev–Trinajstić information content (AvgIpc) is 3.84. The number of sulfonamides is 1. The number of halogens is 1.